The third-order valence-electron chi connectivity index (χ3n) is 4.68. The van der Waals surface area contributed by atoms with E-state index >= 15 is 0 Å². The minimum atomic E-state index is 0.490. The molecule has 1 aromatic carbocycles. The number of oxazole rings is 1. The van der Waals surface area contributed by atoms with E-state index in [9.17, 15) is 0 Å². The van der Waals surface area contributed by atoms with Crippen molar-refractivity contribution in [3.63, 3.8) is 0 Å². The maximum absolute atomic E-state index is 5.61. The number of guanidine groups is 1. The van der Waals surface area contributed by atoms with Gasteiger partial charge < -0.3 is 20.0 Å². The monoisotopic (exact) mass is 385 g/mol. The van der Waals surface area contributed by atoms with Gasteiger partial charge in [-0.25, -0.2) is 9.98 Å². The second-order valence-electron chi connectivity index (χ2n) is 6.87. The molecule has 2 aromatic rings. The highest BCUT2D eigenvalue weighted by Crippen LogP contribution is 2.19. The minimum Gasteiger partial charge on any atom is -0.444 e. The highest BCUT2D eigenvalue weighted by Gasteiger charge is 2.07. The molecule has 6 nitrogen and oxygen atoms in total. The number of aromatic nitrogens is 1. The van der Waals surface area contributed by atoms with Gasteiger partial charge in [-0.1, -0.05) is 31.5 Å². The number of hydrogen-bond donors (Lipinski definition) is 2. The third-order valence-corrected chi connectivity index (χ3v) is 4.68. The molecule has 0 saturated carbocycles. The minimum absolute atomic E-state index is 0.490. The summed E-state index contributed by atoms with van der Waals surface area (Å²) in [6, 6.07) is 8.17. The van der Waals surface area contributed by atoms with Crippen LogP contribution in [0.5, 0.6) is 0 Å². The molecule has 2 rings (SSSR count). The summed E-state index contributed by atoms with van der Waals surface area (Å²) in [5.41, 5.74) is 3.03. The van der Waals surface area contributed by atoms with Crippen LogP contribution in [0.15, 0.2) is 39.9 Å². The average molecular weight is 386 g/mol. The smallest absolute Gasteiger partial charge is 0.226 e. The van der Waals surface area contributed by atoms with E-state index in [0.717, 1.165) is 56.4 Å². The molecule has 1 heterocycles. The molecule has 0 unspecified atom stereocenters. The molecule has 0 aliphatic heterocycles. The Morgan fingerprint density at radius 1 is 1.07 bits per heavy atom. The summed E-state index contributed by atoms with van der Waals surface area (Å²) in [4.78, 5) is 11.6. The Morgan fingerprint density at radius 3 is 2.50 bits per heavy atom. The zero-order valence-corrected chi connectivity index (χ0v) is 17.8. The first-order valence-corrected chi connectivity index (χ1v) is 10.4. The van der Waals surface area contributed by atoms with Crippen molar-refractivity contribution in [1.82, 2.24) is 20.5 Å². The van der Waals surface area contributed by atoms with Crippen LogP contribution in [0.3, 0.4) is 0 Å². The maximum Gasteiger partial charge on any atom is 0.226 e. The van der Waals surface area contributed by atoms with Gasteiger partial charge in [-0.15, -0.1) is 0 Å². The summed E-state index contributed by atoms with van der Waals surface area (Å²) in [6.07, 6.45) is 4.01. The fourth-order valence-corrected chi connectivity index (χ4v) is 2.92. The second-order valence-corrected chi connectivity index (χ2v) is 6.87. The fourth-order valence-electron chi connectivity index (χ4n) is 2.92. The molecule has 0 spiro atoms. The van der Waals surface area contributed by atoms with E-state index in [1.807, 2.05) is 12.1 Å². The first-order valence-electron chi connectivity index (χ1n) is 10.4. The molecular weight excluding hydrogens is 350 g/mol. The van der Waals surface area contributed by atoms with Gasteiger partial charge in [-0.05, 0) is 58.5 Å². The molecule has 6 heteroatoms. The Labute approximate surface area is 169 Å². The Hall–Kier alpha value is -2.34. The van der Waals surface area contributed by atoms with Gasteiger partial charge in [0.1, 0.15) is 12.0 Å². The molecule has 0 bridgehead atoms. The topological polar surface area (TPSA) is 65.7 Å². The van der Waals surface area contributed by atoms with E-state index < -0.39 is 0 Å². The van der Waals surface area contributed by atoms with Crippen molar-refractivity contribution >= 4 is 5.96 Å². The molecule has 0 atom stereocenters. The Morgan fingerprint density at radius 2 is 1.82 bits per heavy atom. The fraction of sp³-hybridized carbons (Fsp3) is 0.545. The molecule has 0 saturated heterocycles. The number of benzene rings is 1. The molecule has 1 aromatic heterocycles. The van der Waals surface area contributed by atoms with Gasteiger partial charge in [-0.2, -0.15) is 0 Å². The van der Waals surface area contributed by atoms with Crippen molar-refractivity contribution in [3.8, 4) is 11.5 Å². The number of hydrogen-bond acceptors (Lipinski definition) is 4. The number of aliphatic imine (C=N–C) groups is 1. The summed E-state index contributed by atoms with van der Waals surface area (Å²) in [5, 5.41) is 6.70. The van der Waals surface area contributed by atoms with Crippen molar-refractivity contribution in [3.05, 3.63) is 41.8 Å². The standard InChI is InChI=1S/C22H35N5O/c1-5-23-22(24-14-8-9-15-27(6-2)7-3)25-16-20-17-28-21(26-20)19-12-10-18(4)11-13-19/h10-13,17H,5-9,14-16H2,1-4H3,(H2,23,24,25). The van der Waals surface area contributed by atoms with E-state index in [4.69, 9.17) is 4.42 Å². The van der Waals surface area contributed by atoms with Crippen molar-refractivity contribution in [2.75, 3.05) is 32.7 Å². The molecule has 28 heavy (non-hydrogen) atoms. The highest BCUT2D eigenvalue weighted by atomic mass is 16.3. The lowest BCUT2D eigenvalue weighted by Gasteiger charge is -2.17. The van der Waals surface area contributed by atoms with E-state index in [2.05, 4.69) is 65.3 Å². The van der Waals surface area contributed by atoms with E-state index in [1.54, 1.807) is 6.26 Å². The number of unbranched alkanes of at least 4 members (excludes halogenated alkanes) is 1. The SMILES string of the molecule is CCNC(=NCc1coc(-c2ccc(C)cc2)n1)NCCCCN(CC)CC. The van der Waals surface area contributed by atoms with Crippen LogP contribution in [0.2, 0.25) is 0 Å². The highest BCUT2D eigenvalue weighted by molar-refractivity contribution is 5.79. The van der Waals surface area contributed by atoms with Crippen molar-refractivity contribution in [1.29, 1.82) is 0 Å². The van der Waals surface area contributed by atoms with Crippen LogP contribution in [-0.2, 0) is 6.54 Å². The first-order chi connectivity index (χ1) is 13.7. The lowest BCUT2D eigenvalue weighted by molar-refractivity contribution is 0.297. The van der Waals surface area contributed by atoms with Crippen molar-refractivity contribution in [2.24, 2.45) is 4.99 Å². The van der Waals surface area contributed by atoms with Gasteiger partial charge in [0.25, 0.3) is 0 Å². The summed E-state index contributed by atoms with van der Waals surface area (Å²) in [6.45, 7) is 14.2. The quantitative estimate of drug-likeness (QED) is 0.350. The molecular formula is C22H35N5O. The van der Waals surface area contributed by atoms with Crippen LogP contribution < -0.4 is 10.6 Å². The van der Waals surface area contributed by atoms with Crippen LogP contribution >= 0.6 is 0 Å². The number of rotatable bonds is 11. The zero-order valence-electron chi connectivity index (χ0n) is 17.8. The Bertz CT molecular complexity index is 704. The lowest BCUT2D eigenvalue weighted by atomic mass is 10.1. The largest absolute Gasteiger partial charge is 0.444 e. The summed E-state index contributed by atoms with van der Waals surface area (Å²) >= 11 is 0. The number of nitrogens with zero attached hydrogens (tertiary/aromatic N) is 3. The molecule has 0 radical (unpaired) electrons. The van der Waals surface area contributed by atoms with Gasteiger partial charge in [0.15, 0.2) is 5.96 Å². The van der Waals surface area contributed by atoms with E-state index in [0.29, 0.717) is 12.4 Å². The lowest BCUT2D eigenvalue weighted by Crippen LogP contribution is -2.38. The number of nitrogens with one attached hydrogen (secondary N) is 2. The molecule has 0 aliphatic rings. The molecule has 154 valence electrons. The summed E-state index contributed by atoms with van der Waals surface area (Å²) in [5.74, 6) is 1.46. The third kappa shape index (κ3) is 7.35. The summed E-state index contributed by atoms with van der Waals surface area (Å²) in [7, 11) is 0. The molecule has 2 N–H and O–H groups in total. The van der Waals surface area contributed by atoms with Crippen molar-refractivity contribution in [2.45, 2.75) is 47.1 Å². The van der Waals surface area contributed by atoms with Crippen LogP contribution in [0.4, 0.5) is 0 Å². The predicted molar refractivity (Wildman–Crippen MR) is 117 cm³/mol. The van der Waals surface area contributed by atoms with Crippen LogP contribution in [0, 0.1) is 6.92 Å². The molecule has 0 amide bonds. The molecule has 0 fully saturated rings. The van der Waals surface area contributed by atoms with Gasteiger partial charge in [0.05, 0.1) is 6.54 Å². The van der Waals surface area contributed by atoms with Gasteiger partial charge in [0, 0.05) is 18.7 Å². The predicted octanol–water partition coefficient (Wildman–Crippen LogP) is 3.83. The Balaban J connectivity index is 1.82. The van der Waals surface area contributed by atoms with Crippen LogP contribution in [0.1, 0.15) is 44.9 Å². The van der Waals surface area contributed by atoms with E-state index in [-0.39, 0.29) is 0 Å². The number of aryl methyl sites for hydroxylation is 1. The molecule has 0 aliphatic carbocycles. The van der Waals surface area contributed by atoms with Gasteiger partial charge in [0.2, 0.25) is 5.89 Å². The summed E-state index contributed by atoms with van der Waals surface area (Å²) < 4.78 is 5.61. The van der Waals surface area contributed by atoms with Crippen molar-refractivity contribution < 1.29 is 4.42 Å². The van der Waals surface area contributed by atoms with Gasteiger partial charge >= 0.3 is 0 Å². The van der Waals surface area contributed by atoms with E-state index in [1.165, 1.54) is 12.0 Å². The zero-order chi connectivity index (χ0) is 20.2. The van der Waals surface area contributed by atoms with Crippen LogP contribution in [-0.4, -0.2) is 48.6 Å². The first kappa shape index (κ1) is 22.0. The van der Waals surface area contributed by atoms with Gasteiger partial charge in [-0.3, -0.25) is 0 Å². The Kier molecular flexibility index (Phi) is 9.55. The average Bonchev–Trinajstić information content (AvgIpc) is 3.18. The van der Waals surface area contributed by atoms with Crippen LogP contribution in [0.25, 0.3) is 11.5 Å². The second kappa shape index (κ2) is 12.2. The normalized spacial score (nSPS) is 11.8. The maximum atomic E-state index is 5.61.